The van der Waals surface area contributed by atoms with Crippen LogP contribution in [0.1, 0.15) is 0 Å². The van der Waals surface area contributed by atoms with E-state index in [9.17, 15) is 0 Å². The molecule has 0 radical (unpaired) electrons. The van der Waals surface area contributed by atoms with E-state index in [1.807, 2.05) is 6.07 Å². The number of aromatic nitrogens is 1. The van der Waals surface area contributed by atoms with Crippen LogP contribution in [0.5, 0.6) is 5.75 Å². The molecule has 0 N–H and O–H groups in total. The summed E-state index contributed by atoms with van der Waals surface area (Å²) < 4.78 is 6.62. The van der Waals surface area contributed by atoms with Crippen LogP contribution in [0.4, 0.5) is 10.8 Å². The van der Waals surface area contributed by atoms with E-state index in [-0.39, 0.29) is 0 Å². The molecule has 6 heteroatoms. The van der Waals surface area contributed by atoms with Crippen molar-refractivity contribution in [1.29, 1.82) is 0 Å². The molecule has 1 aliphatic rings. The highest BCUT2D eigenvalue weighted by Gasteiger charge is 2.21. The third-order valence-electron chi connectivity index (χ3n) is 4.56. The molecular formula is C19H21N3OS2. The van der Waals surface area contributed by atoms with E-state index in [0.29, 0.717) is 0 Å². The van der Waals surface area contributed by atoms with E-state index < -0.39 is 0 Å². The molecule has 0 spiro atoms. The highest BCUT2D eigenvalue weighted by Crippen LogP contribution is 2.34. The van der Waals surface area contributed by atoms with E-state index in [4.69, 9.17) is 9.72 Å². The van der Waals surface area contributed by atoms with Crippen LogP contribution in [0, 0.1) is 0 Å². The molecular weight excluding hydrogens is 350 g/mol. The van der Waals surface area contributed by atoms with Crippen LogP contribution in [0.2, 0.25) is 0 Å². The number of anilines is 2. The summed E-state index contributed by atoms with van der Waals surface area (Å²) in [5, 5.41) is 1.14. The summed E-state index contributed by atoms with van der Waals surface area (Å²) in [6.07, 6.45) is 2.11. The molecule has 4 nitrogen and oxygen atoms in total. The number of benzene rings is 2. The number of rotatable bonds is 4. The van der Waals surface area contributed by atoms with Crippen molar-refractivity contribution in [3.05, 3.63) is 42.5 Å². The SMILES string of the molecule is COc1cccc(N2CCN(c3nc4c(SC)cccc4s3)CC2)c1. The topological polar surface area (TPSA) is 28.6 Å². The fourth-order valence-electron chi connectivity index (χ4n) is 3.17. The van der Waals surface area contributed by atoms with Gasteiger partial charge in [-0.25, -0.2) is 4.98 Å². The molecule has 0 unspecified atom stereocenters. The summed E-state index contributed by atoms with van der Waals surface area (Å²) in [6.45, 7) is 3.98. The van der Waals surface area contributed by atoms with Crippen LogP contribution < -0.4 is 14.5 Å². The number of nitrogens with zero attached hydrogens (tertiary/aromatic N) is 3. The van der Waals surface area contributed by atoms with E-state index in [1.54, 1.807) is 30.2 Å². The fraction of sp³-hybridized carbons (Fsp3) is 0.316. The molecule has 0 bridgehead atoms. The van der Waals surface area contributed by atoms with Crippen LogP contribution in [0.3, 0.4) is 0 Å². The highest BCUT2D eigenvalue weighted by molar-refractivity contribution is 7.98. The van der Waals surface area contributed by atoms with Crippen molar-refractivity contribution in [3.8, 4) is 5.75 Å². The van der Waals surface area contributed by atoms with Crippen LogP contribution >= 0.6 is 23.1 Å². The Balaban J connectivity index is 1.50. The van der Waals surface area contributed by atoms with Gasteiger partial charge in [0.1, 0.15) is 5.75 Å². The molecule has 1 saturated heterocycles. The standard InChI is InChI=1S/C19H21N3OS2/c1-23-15-6-3-5-14(13-15)21-9-11-22(12-10-21)19-20-18-16(24-2)7-4-8-17(18)25-19/h3-8,13H,9-12H2,1-2H3. The van der Waals surface area contributed by atoms with Crippen LogP contribution in [-0.4, -0.2) is 44.5 Å². The second-order valence-electron chi connectivity index (χ2n) is 5.98. The summed E-state index contributed by atoms with van der Waals surface area (Å²) in [5.74, 6) is 0.913. The quantitative estimate of drug-likeness (QED) is 0.636. The van der Waals surface area contributed by atoms with Crippen molar-refractivity contribution in [1.82, 2.24) is 4.98 Å². The summed E-state index contributed by atoms with van der Waals surface area (Å²) >= 11 is 3.56. The largest absolute Gasteiger partial charge is 0.497 e. The molecule has 0 aliphatic carbocycles. The minimum atomic E-state index is 0.913. The maximum absolute atomic E-state index is 5.34. The van der Waals surface area contributed by atoms with Gasteiger partial charge in [-0.05, 0) is 30.5 Å². The van der Waals surface area contributed by atoms with Gasteiger partial charge in [-0.1, -0.05) is 23.5 Å². The number of ether oxygens (including phenoxy) is 1. The molecule has 2 aromatic carbocycles. The van der Waals surface area contributed by atoms with Crippen LogP contribution in [0.15, 0.2) is 47.4 Å². The van der Waals surface area contributed by atoms with Crippen LogP contribution in [-0.2, 0) is 0 Å². The smallest absolute Gasteiger partial charge is 0.186 e. The third-order valence-corrected chi connectivity index (χ3v) is 6.41. The zero-order chi connectivity index (χ0) is 17.2. The predicted octanol–water partition coefficient (Wildman–Crippen LogP) is 4.35. The minimum Gasteiger partial charge on any atom is -0.497 e. The number of para-hydroxylation sites is 1. The fourth-order valence-corrected chi connectivity index (χ4v) is 4.85. The number of thiazole rings is 1. The van der Waals surface area contributed by atoms with Gasteiger partial charge in [0.15, 0.2) is 5.13 Å². The lowest BCUT2D eigenvalue weighted by Crippen LogP contribution is -2.46. The second kappa shape index (κ2) is 7.14. The van der Waals surface area contributed by atoms with Crippen LogP contribution in [0.25, 0.3) is 10.2 Å². The van der Waals surface area contributed by atoms with Gasteiger partial charge in [0.25, 0.3) is 0 Å². The van der Waals surface area contributed by atoms with Gasteiger partial charge in [-0.3, -0.25) is 0 Å². The van der Waals surface area contributed by atoms with Crippen molar-refractivity contribution in [2.24, 2.45) is 0 Å². The van der Waals surface area contributed by atoms with Gasteiger partial charge in [0.05, 0.1) is 17.3 Å². The van der Waals surface area contributed by atoms with E-state index in [2.05, 4.69) is 52.5 Å². The lowest BCUT2D eigenvalue weighted by Gasteiger charge is -2.36. The first-order chi connectivity index (χ1) is 12.3. The maximum Gasteiger partial charge on any atom is 0.186 e. The number of piperazine rings is 1. The maximum atomic E-state index is 5.34. The molecule has 0 atom stereocenters. The Kier molecular flexibility index (Phi) is 4.72. The Morgan fingerprint density at radius 2 is 1.80 bits per heavy atom. The molecule has 3 aromatic rings. The van der Waals surface area contributed by atoms with Gasteiger partial charge >= 0.3 is 0 Å². The number of hydrogen-bond donors (Lipinski definition) is 0. The van der Waals surface area contributed by atoms with Gasteiger partial charge in [0, 0.05) is 42.8 Å². The Labute approximate surface area is 156 Å². The number of thioether (sulfide) groups is 1. The molecule has 25 heavy (non-hydrogen) atoms. The summed E-state index contributed by atoms with van der Waals surface area (Å²) in [6, 6.07) is 14.7. The Morgan fingerprint density at radius 3 is 2.56 bits per heavy atom. The third kappa shape index (κ3) is 3.28. The molecule has 130 valence electrons. The van der Waals surface area contributed by atoms with Gasteiger partial charge < -0.3 is 14.5 Å². The van der Waals surface area contributed by atoms with E-state index in [0.717, 1.165) is 42.6 Å². The molecule has 0 amide bonds. The summed E-state index contributed by atoms with van der Waals surface area (Å²) in [7, 11) is 1.72. The van der Waals surface area contributed by atoms with Gasteiger partial charge in [0.2, 0.25) is 0 Å². The monoisotopic (exact) mass is 371 g/mol. The number of methoxy groups -OCH3 is 1. The zero-order valence-corrected chi connectivity index (χ0v) is 16.1. The Hall–Kier alpha value is -1.92. The zero-order valence-electron chi connectivity index (χ0n) is 14.4. The van der Waals surface area contributed by atoms with E-state index >= 15 is 0 Å². The number of fused-ring (bicyclic) bond motifs is 1. The molecule has 0 saturated carbocycles. The minimum absolute atomic E-state index is 0.913. The summed E-state index contributed by atoms with van der Waals surface area (Å²) in [5.41, 5.74) is 2.37. The lowest BCUT2D eigenvalue weighted by molar-refractivity contribution is 0.414. The first kappa shape index (κ1) is 16.5. The van der Waals surface area contributed by atoms with Crippen molar-refractivity contribution in [2.75, 3.05) is 49.3 Å². The lowest BCUT2D eigenvalue weighted by atomic mass is 10.2. The highest BCUT2D eigenvalue weighted by atomic mass is 32.2. The molecule has 1 aromatic heterocycles. The van der Waals surface area contributed by atoms with Gasteiger partial charge in [-0.15, -0.1) is 11.8 Å². The Bertz CT molecular complexity index is 872. The molecule has 2 heterocycles. The Morgan fingerprint density at radius 1 is 1.04 bits per heavy atom. The summed E-state index contributed by atoms with van der Waals surface area (Å²) in [4.78, 5) is 11.0. The normalized spacial score (nSPS) is 15.0. The molecule has 4 rings (SSSR count). The van der Waals surface area contributed by atoms with Crippen molar-refractivity contribution < 1.29 is 4.74 Å². The van der Waals surface area contributed by atoms with Crippen molar-refractivity contribution in [2.45, 2.75) is 4.90 Å². The first-order valence-corrected chi connectivity index (χ1v) is 10.4. The van der Waals surface area contributed by atoms with Crippen molar-refractivity contribution in [3.63, 3.8) is 0 Å². The van der Waals surface area contributed by atoms with Crippen molar-refractivity contribution >= 4 is 44.1 Å². The van der Waals surface area contributed by atoms with E-state index in [1.165, 1.54) is 15.3 Å². The molecule has 1 aliphatic heterocycles. The predicted molar refractivity (Wildman–Crippen MR) is 109 cm³/mol. The number of hydrogen-bond acceptors (Lipinski definition) is 6. The average Bonchev–Trinajstić information content (AvgIpc) is 3.12. The average molecular weight is 372 g/mol. The second-order valence-corrected chi connectivity index (χ2v) is 7.84. The van der Waals surface area contributed by atoms with Gasteiger partial charge in [-0.2, -0.15) is 0 Å². The first-order valence-electron chi connectivity index (χ1n) is 8.36. The molecule has 1 fully saturated rings.